The molecule has 2 atom stereocenters. The second-order valence-electron chi connectivity index (χ2n) is 4.09. The molecule has 0 fully saturated rings. The number of hydrogen-bond donors (Lipinski definition) is 1. The van der Waals surface area contributed by atoms with Gasteiger partial charge < -0.3 is 5.11 Å². The fourth-order valence-electron chi connectivity index (χ4n) is 1.42. The molecular weight excluding hydrogens is 172 g/mol. The van der Waals surface area contributed by atoms with Crippen molar-refractivity contribution in [2.24, 2.45) is 5.92 Å². The Bertz CT molecular complexity index is 205. The molecule has 0 aromatic rings. The Morgan fingerprint density at radius 3 is 2.43 bits per heavy atom. The average molecular weight is 196 g/mol. The summed E-state index contributed by atoms with van der Waals surface area (Å²) in [5.41, 5.74) is 0.684. The van der Waals surface area contributed by atoms with Gasteiger partial charge in [-0.2, -0.15) is 0 Å². The van der Waals surface area contributed by atoms with Gasteiger partial charge in [0.1, 0.15) is 0 Å². The fourth-order valence-corrected chi connectivity index (χ4v) is 1.42. The van der Waals surface area contributed by atoms with Gasteiger partial charge in [0.25, 0.3) is 0 Å². The van der Waals surface area contributed by atoms with Crippen molar-refractivity contribution in [2.45, 2.75) is 52.6 Å². The van der Waals surface area contributed by atoms with Crippen LogP contribution in [0.2, 0.25) is 0 Å². The number of aliphatic hydroxyl groups is 1. The van der Waals surface area contributed by atoms with Gasteiger partial charge in [0, 0.05) is 0 Å². The van der Waals surface area contributed by atoms with Gasteiger partial charge in [-0.25, -0.2) is 0 Å². The molecule has 0 amide bonds. The summed E-state index contributed by atoms with van der Waals surface area (Å²) in [4.78, 5) is 0. The molecule has 1 N–H and O–H groups in total. The molecule has 1 heteroatoms. The molecule has 0 rings (SSSR count). The van der Waals surface area contributed by atoms with E-state index in [-0.39, 0.29) is 5.92 Å². The minimum atomic E-state index is -0.704. The normalized spacial score (nSPS) is 18.8. The smallest absolute Gasteiger partial charge is 0.0850 e. The van der Waals surface area contributed by atoms with Crippen LogP contribution in [0.3, 0.4) is 0 Å². The molecule has 0 radical (unpaired) electrons. The lowest BCUT2D eigenvalue weighted by molar-refractivity contribution is 0.0333. The first-order valence-electron chi connectivity index (χ1n) is 5.51. The molecule has 82 valence electrons. The Labute approximate surface area is 88.5 Å². The Balaban J connectivity index is 4.32. The summed E-state index contributed by atoms with van der Waals surface area (Å²) < 4.78 is 0. The van der Waals surface area contributed by atoms with Crippen LogP contribution in [0, 0.1) is 5.92 Å². The summed E-state index contributed by atoms with van der Waals surface area (Å²) >= 11 is 0. The van der Waals surface area contributed by atoms with Crippen molar-refractivity contribution in [3.8, 4) is 0 Å². The second kappa shape index (κ2) is 6.02. The molecule has 0 bridgehead atoms. The summed E-state index contributed by atoms with van der Waals surface area (Å²) in [6.07, 6.45) is 6.64. The zero-order valence-electron chi connectivity index (χ0n) is 10.0. The van der Waals surface area contributed by atoms with Crippen LogP contribution in [0.1, 0.15) is 47.0 Å². The van der Waals surface area contributed by atoms with E-state index >= 15 is 0 Å². The van der Waals surface area contributed by atoms with E-state index in [0.717, 1.165) is 19.3 Å². The van der Waals surface area contributed by atoms with Gasteiger partial charge in [-0.1, -0.05) is 38.5 Å². The van der Waals surface area contributed by atoms with E-state index in [0.29, 0.717) is 0 Å². The lowest BCUT2D eigenvalue weighted by Crippen LogP contribution is -2.32. The topological polar surface area (TPSA) is 20.2 Å². The highest BCUT2D eigenvalue weighted by atomic mass is 16.3. The van der Waals surface area contributed by atoms with Crippen molar-refractivity contribution in [1.82, 2.24) is 0 Å². The van der Waals surface area contributed by atoms with Gasteiger partial charge in [-0.3, -0.25) is 0 Å². The number of allylic oxidation sites excluding steroid dienone is 2. The number of hydrogen-bond acceptors (Lipinski definition) is 1. The summed E-state index contributed by atoms with van der Waals surface area (Å²) in [7, 11) is 0. The molecule has 14 heavy (non-hydrogen) atoms. The minimum Gasteiger partial charge on any atom is -0.386 e. The zero-order chi connectivity index (χ0) is 11.2. The van der Waals surface area contributed by atoms with E-state index in [9.17, 15) is 5.11 Å². The first-order chi connectivity index (χ1) is 6.50. The van der Waals surface area contributed by atoms with Crippen LogP contribution in [0.25, 0.3) is 0 Å². The molecule has 0 saturated carbocycles. The number of rotatable bonds is 6. The van der Waals surface area contributed by atoms with E-state index in [1.54, 1.807) is 6.08 Å². The average Bonchev–Trinajstić information content (AvgIpc) is 2.23. The third-order valence-electron chi connectivity index (χ3n) is 3.15. The third-order valence-corrected chi connectivity index (χ3v) is 3.15. The molecule has 0 saturated heterocycles. The van der Waals surface area contributed by atoms with E-state index in [2.05, 4.69) is 33.4 Å². The van der Waals surface area contributed by atoms with Gasteiger partial charge in [0.2, 0.25) is 0 Å². The second-order valence-corrected chi connectivity index (χ2v) is 4.09. The maximum Gasteiger partial charge on any atom is 0.0850 e. The molecule has 2 unspecified atom stereocenters. The monoisotopic (exact) mass is 196 g/mol. The van der Waals surface area contributed by atoms with Gasteiger partial charge in [-0.15, -0.1) is 6.58 Å². The van der Waals surface area contributed by atoms with Crippen molar-refractivity contribution >= 4 is 0 Å². The predicted octanol–water partition coefficient (Wildman–Crippen LogP) is 3.70. The van der Waals surface area contributed by atoms with Gasteiger partial charge in [0.05, 0.1) is 5.60 Å². The molecule has 0 aromatic carbocycles. The van der Waals surface area contributed by atoms with Crippen LogP contribution in [0.4, 0.5) is 0 Å². The Morgan fingerprint density at radius 1 is 1.50 bits per heavy atom. The van der Waals surface area contributed by atoms with Crippen molar-refractivity contribution in [3.63, 3.8) is 0 Å². The highest BCUT2D eigenvalue weighted by molar-refractivity contribution is 5.03. The molecule has 0 aromatic heterocycles. The Morgan fingerprint density at radius 2 is 2.07 bits per heavy atom. The molecule has 1 nitrogen and oxygen atoms in total. The summed E-state index contributed by atoms with van der Waals surface area (Å²) in [5.74, 6) is 0.242. The lowest BCUT2D eigenvalue weighted by atomic mass is 9.84. The van der Waals surface area contributed by atoms with E-state index in [4.69, 9.17) is 0 Å². The van der Waals surface area contributed by atoms with Gasteiger partial charge in [-0.05, 0) is 32.1 Å². The van der Waals surface area contributed by atoms with Crippen molar-refractivity contribution in [2.75, 3.05) is 0 Å². The quantitative estimate of drug-likeness (QED) is 0.642. The van der Waals surface area contributed by atoms with Crippen molar-refractivity contribution in [1.29, 1.82) is 0 Å². The highest BCUT2D eigenvalue weighted by Crippen LogP contribution is 2.26. The SMILES string of the molecule is C=CC(O)(CC)C(C)CC=C(C)CC. The highest BCUT2D eigenvalue weighted by Gasteiger charge is 2.27. The summed E-state index contributed by atoms with van der Waals surface area (Å²) in [5, 5.41) is 10.1. The third kappa shape index (κ3) is 3.67. The van der Waals surface area contributed by atoms with E-state index in [1.807, 2.05) is 6.92 Å². The maximum atomic E-state index is 10.1. The van der Waals surface area contributed by atoms with E-state index in [1.165, 1.54) is 5.57 Å². The molecule has 0 spiro atoms. The van der Waals surface area contributed by atoms with Crippen LogP contribution in [-0.2, 0) is 0 Å². The Kier molecular flexibility index (Phi) is 5.78. The van der Waals surface area contributed by atoms with Crippen LogP contribution < -0.4 is 0 Å². The Hall–Kier alpha value is -0.560. The molecule has 0 heterocycles. The minimum absolute atomic E-state index is 0.242. The largest absolute Gasteiger partial charge is 0.386 e. The lowest BCUT2D eigenvalue weighted by Gasteiger charge is -2.29. The predicted molar refractivity (Wildman–Crippen MR) is 63.3 cm³/mol. The summed E-state index contributed by atoms with van der Waals surface area (Å²) in [6.45, 7) is 12.0. The van der Waals surface area contributed by atoms with Crippen LogP contribution in [0.5, 0.6) is 0 Å². The maximum absolute atomic E-state index is 10.1. The van der Waals surface area contributed by atoms with Crippen LogP contribution in [0.15, 0.2) is 24.3 Å². The van der Waals surface area contributed by atoms with Crippen molar-refractivity contribution < 1.29 is 5.11 Å². The van der Waals surface area contributed by atoms with Gasteiger partial charge in [0.15, 0.2) is 0 Å². The standard InChI is InChI=1S/C13H24O/c1-6-11(4)9-10-12(5)13(14,7-2)8-3/h7,9,12,14H,2,6,8,10H2,1,3-5H3. The first kappa shape index (κ1) is 13.4. The molecule has 0 aliphatic rings. The van der Waals surface area contributed by atoms with Crippen molar-refractivity contribution in [3.05, 3.63) is 24.3 Å². The summed E-state index contributed by atoms with van der Waals surface area (Å²) in [6, 6.07) is 0. The molecule has 0 aliphatic heterocycles. The first-order valence-corrected chi connectivity index (χ1v) is 5.51. The van der Waals surface area contributed by atoms with Crippen LogP contribution >= 0.6 is 0 Å². The fraction of sp³-hybridized carbons (Fsp3) is 0.692. The molecule has 0 aliphatic carbocycles. The van der Waals surface area contributed by atoms with Gasteiger partial charge >= 0.3 is 0 Å². The zero-order valence-corrected chi connectivity index (χ0v) is 10.0. The van der Waals surface area contributed by atoms with Crippen LogP contribution in [-0.4, -0.2) is 10.7 Å². The van der Waals surface area contributed by atoms with E-state index < -0.39 is 5.60 Å². The molecular formula is C13H24O.